The quantitative estimate of drug-likeness (QED) is 0.924. The van der Waals surface area contributed by atoms with E-state index in [4.69, 9.17) is 0 Å². The summed E-state index contributed by atoms with van der Waals surface area (Å²) in [6.07, 6.45) is 4.89. The maximum absolute atomic E-state index is 15.2. The third kappa shape index (κ3) is 2.47. The first-order chi connectivity index (χ1) is 9.00. The molecular weight excluding hydrogens is 309 g/mol. The van der Waals surface area contributed by atoms with Crippen LogP contribution in [-0.2, 0) is 19.9 Å². The number of piperidine rings is 1. The normalized spacial score (nSPS) is 33.9. The van der Waals surface area contributed by atoms with Crippen molar-refractivity contribution in [3.63, 3.8) is 0 Å². The number of rotatable bonds is 3. The number of aryl methyl sites for hydroxylation is 2. The summed E-state index contributed by atoms with van der Waals surface area (Å²) >= 11 is 3.59. The Morgan fingerprint density at radius 1 is 1.42 bits per heavy atom. The van der Waals surface area contributed by atoms with E-state index in [-0.39, 0.29) is 0 Å². The molecule has 1 aromatic heterocycles. The number of fused-ring (bicyclic) bond motifs is 2. The van der Waals surface area contributed by atoms with Crippen LogP contribution in [0, 0.1) is 0 Å². The van der Waals surface area contributed by atoms with Crippen LogP contribution in [0.5, 0.6) is 0 Å². The van der Waals surface area contributed by atoms with E-state index in [0.29, 0.717) is 31.3 Å². The summed E-state index contributed by atoms with van der Waals surface area (Å²) in [7, 11) is 1.91. The maximum Gasteiger partial charge on any atom is 0.119 e. The summed E-state index contributed by atoms with van der Waals surface area (Å²) in [5.41, 5.74) is 0.956. The first-order valence-corrected chi connectivity index (χ1v) is 7.95. The third-order valence-electron chi connectivity index (χ3n) is 4.55. The Bertz CT molecular complexity index is 473. The van der Waals surface area contributed by atoms with Gasteiger partial charge in [0.15, 0.2) is 0 Å². The number of hydrogen-bond acceptors (Lipinski definition) is 2. The van der Waals surface area contributed by atoms with Crippen molar-refractivity contribution >= 4 is 15.9 Å². The smallest absolute Gasteiger partial charge is 0.119 e. The highest BCUT2D eigenvalue weighted by Crippen LogP contribution is 2.40. The molecule has 1 aromatic rings. The summed E-state index contributed by atoms with van der Waals surface area (Å²) in [6, 6.07) is 0.753. The zero-order chi connectivity index (χ0) is 13.6. The Morgan fingerprint density at radius 3 is 2.58 bits per heavy atom. The van der Waals surface area contributed by atoms with E-state index in [2.05, 4.69) is 33.3 Å². The number of halogens is 2. The van der Waals surface area contributed by atoms with Gasteiger partial charge in [-0.1, -0.05) is 6.92 Å². The van der Waals surface area contributed by atoms with Gasteiger partial charge in [0, 0.05) is 25.6 Å². The first kappa shape index (κ1) is 13.6. The third-order valence-corrected chi connectivity index (χ3v) is 5.46. The summed E-state index contributed by atoms with van der Waals surface area (Å²) in [5, 5.41) is 7.97. The average Bonchev–Trinajstić information content (AvgIpc) is 2.83. The number of aromatic nitrogens is 2. The highest BCUT2D eigenvalue weighted by molar-refractivity contribution is 9.10. The van der Waals surface area contributed by atoms with E-state index in [1.54, 1.807) is 0 Å². The minimum atomic E-state index is -1.07. The summed E-state index contributed by atoms with van der Waals surface area (Å²) in [6.45, 7) is 2.08. The standard InChI is InChI=1S/C14H21BrFN3/c1-3-11-13(15)12(19(2)18-11)8-14(16)6-9-4-5-10(7-14)17-9/h9-10,17H,3-8H2,1-2H3. The minimum Gasteiger partial charge on any atom is -0.311 e. The van der Waals surface area contributed by atoms with Gasteiger partial charge in [-0.2, -0.15) is 5.10 Å². The Kier molecular flexibility index (Phi) is 3.46. The lowest BCUT2D eigenvalue weighted by atomic mass is 9.85. The van der Waals surface area contributed by atoms with Gasteiger partial charge in [0.05, 0.1) is 15.9 Å². The molecule has 0 saturated carbocycles. The molecular formula is C14H21BrFN3. The van der Waals surface area contributed by atoms with Crippen molar-refractivity contribution in [2.24, 2.45) is 7.05 Å². The molecule has 0 aliphatic carbocycles. The van der Waals surface area contributed by atoms with Crippen molar-refractivity contribution < 1.29 is 4.39 Å². The van der Waals surface area contributed by atoms with Gasteiger partial charge in [-0.05, 0) is 48.0 Å². The van der Waals surface area contributed by atoms with Crippen molar-refractivity contribution in [3.8, 4) is 0 Å². The summed E-state index contributed by atoms with van der Waals surface area (Å²) < 4.78 is 18.0. The van der Waals surface area contributed by atoms with Gasteiger partial charge in [-0.3, -0.25) is 4.68 Å². The first-order valence-electron chi connectivity index (χ1n) is 7.16. The van der Waals surface area contributed by atoms with Crippen LogP contribution in [0.15, 0.2) is 4.47 Å². The van der Waals surface area contributed by atoms with Crippen molar-refractivity contribution in [2.75, 3.05) is 0 Å². The van der Waals surface area contributed by atoms with E-state index in [9.17, 15) is 0 Å². The molecule has 19 heavy (non-hydrogen) atoms. The van der Waals surface area contributed by atoms with Crippen molar-refractivity contribution in [1.82, 2.24) is 15.1 Å². The van der Waals surface area contributed by atoms with Crippen LogP contribution < -0.4 is 5.32 Å². The monoisotopic (exact) mass is 329 g/mol. The van der Waals surface area contributed by atoms with Crippen LogP contribution in [0.4, 0.5) is 4.39 Å². The van der Waals surface area contributed by atoms with Crippen LogP contribution in [0.25, 0.3) is 0 Å². The Balaban J connectivity index is 1.83. The van der Waals surface area contributed by atoms with Gasteiger partial charge in [-0.15, -0.1) is 0 Å². The van der Waals surface area contributed by atoms with Crippen molar-refractivity contribution in [3.05, 3.63) is 15.9 Å². The molecule has 2 aliphatic heterocycles. The molecule has 0 spiro atoms. The number of hydrogen-bond donors (Lipinski definition) is 1. The number of nitrogens with zero attached hydrogens (tertiary/aromatic N) is 2. The molecule has 0 radical (unpaired) electrons. The second kappa shape index (κ2) is 4.85. The van der Waals surface area contributed by atoms with E-state index < -0.39 is 5.67 Å². The lowest BCUT2D eigenvalue weighted by Gasteiger charge is -2.35. The molecule has 2 aliphatic rings. The van der Waals surface area contributed by atoms with Crippen molar-refractivity contribution in [1.29, 1.82) is 0 Å². The zero-order valence-corrected chi connectivity index (χ0v) is 13.1. The molecule has 2 fully saturated rings. The molecule has 0 aromatic carbocycles. The minimum absolute atomic E-state index is 0.376. The summed E-state index contributed by atoms with van der Waals surface area (Å²) in [4.78, 5) is 0. The van der Waals surface area contributed by atoms with Crippen LogP contribution in [-0.4, -0.2) is 27.5 Å². The van der Waals surface area contributed by atoms with E-state index in [0.717, 1.165) is 35.1 Å². The van der Waals surface area contributed by atoms with Crippen molar-refractivity contribution in [2.45, 2.75) is 63.2 Å². The lowest BCUT2D eigenvalue weighted by Crippen LogP contribution is -2.47. The van der Waals surface area contributed by atoms with Gasteiger partial charge < -0.3 is 5.32 Å². The molecule has 3 nitrogen and oxygen atoms in total. The molecule has 3 rings (SSSR count). The van der Waals surface area contributed by atoms with Gasteiger partial charge in [-0.25, -0.2) is 4.39 Å². The fraction of sp³-hybridized carbons (Fsp3) is 0.786. The second-order valence-corrected chi connectivity index (χ2v) is 6.85. The van der Waals surface area contributed by atoms with E-state index in [1.807, 2.05) is 11.7 Å². The maximum atomic E-state index is 15.2. The van der Waals surface area contributed by atoms with Crippen LogP contribution in [0.1, 0.15) is 44.0 Å². The Labute approximate surface area is 122 Å². The topological polar surface area (TPSA) is 29.9 Å². The van der Waals surface area contributed by atoms with Gasteiger partial charge in [0.25, 0.3) is 0 Å². The SMILES string of the molecule is CCc1nn(C)c(CC2(F)CC3CCC(C2)N3)c1Br. The predicted octanol–water partition coefficient (Wildman–Crippen LogP) is 2.91. The molecule has 2 unspecified atom stereocenters. The Morgan fingerprint density at radius 2 is 2.05 bits per heavy atom. The predicted molar refractivity (Wildman–Crippen MR) is 77.0 cm³/mol. The van der Waals surface area contributed by atoms with Crippen LogP contribution >= 0.6 is 15.9 Å². The molecule has 0 amide bonds. The Hall–Kier alpha value is -0.420. The molecule has 2 atom stereocenters. The molecule has 5 heteroatoms. The highest BCUT2D eigenvalue weighted by atomic mass is 79.9. The zero-order valence-electron chi connectivity index (χ0n) is 11.5. The fourth-order valence-corrected chi connectivity index (χ4v) is 4.40. The highest BCUT2D eigenvalue weighted by Gasteiger charge is 2.44. The second-order valence-electron chi connectivity index (χ2n) is 6.06. The fourth-order valence-electron chi connectivity index (χ4n) is 3.65. The number of nitrogens with one attached hydrogen (secondary N) is 1. The largest absolute Gasteiger partial charge is 0.311 e. The number of alkyl halides is 1. The molecule has 3 heterocycles. The van der Waals surface area contributed by atoms with Crippen LogP contribution in [0.3, 0.4) is 0 Å². The van der Waals surface area contributed by atoms with Crippen LogP contribution in [0.2, 0.25) is 0 Å². The van der Waals surface area contributed by atoms with Gasteiger partial charge in [0.1, 0.15) is 5.67 Å². The molecule has 1 N–H and O–H groups in total. The van der Waals surface area contributed by atoms with Gasteiger partial charge >= 0.3 is 0 Å². The summed E-state index contributed by atoms with van der Waals surface area (Å²) in [5.74, 6) is 0. The lowest BCUT2D eigenvalue weighted by molar-refractivity contribution is 0.0871. The molecule has 106 valence electrons. The van der Waals surface area contributed by atoms with E-state index >= 15 is 4.39 Å². The molecule has 2 bridgehead atoms. The average molecular weight is 330 g/mol. The van der Waals surface area contributed by atoms with E-state index in [1.165, 1.54) is 0 Å². The van der Waals surface area contributed by atoms with Gasteiger partial charge in [0.2, 0.25) is 0 Å². The molecule has 2 saturated heterocycles.